The van der Waals surface area contributed by atoms with E-state index < -0.39 is 0 Å². The van der Waals surface area contributed by atoms with Crippen LogP contribution in [0.4, 0.5) is 0 Å². The van der Waals surface area contributed by atoms with Gasteiger partial charge in [-0.25, -0.2) is 0 Å². The van der Waals surface area contributed by atoms with Gasteiger partial charge in [-0.05, 0) is 26.0 Å². The van der Waals surface area contributed by atoms with Crippen LogP contribution in [-0.4, -0.2) is 42.3 Å². The van der Waals surface area contributed by atoms with Gasteiger partial charge in [0.05, 0.1) is 4.88 Å². The van der Waals surface area contributed by atoms with Gasteiger partial charge in [-0.2, -0.15) is 0 Å². The van der Waals surface area contributed by atoms with Crippen molar-refractivity contribution in [3.8, 4) is 0 Å². The van der Waals surface area contributed by atoms with Crippen molar-refractivity contribution in [3.05, 3.63) is 21.9 Å². The summed E-state index contributed by atoms with van der Waals surface area (Å²) in [5.41, 5.74) is 0. The molecule has 0 saturated carbocycles. The molecule has 1 aromatic heterocycles. The maximum Gasteiger partial charge on any atom is 0.223 e. The first kappa shape index (κ1) is 14.2. The van der Waals surface area contributed by atoms with Gasteiger partial charge in [0.2, 0.25) is 5.91 Å². The van der Waals surface area contributed by atoms with Crippen LogP contribution in [0.5, 0.6) is 0 Å². The van der Waals surface area contributed by atoms with Crippen LogP contribution in [0.15, 0.2) is 12.1 Å². The van der Waals surface area contributed by atoms with Gasteiger partial charge in [-0.15, -0.1) is 11.3 Å². The molecule has 1 saturated heterocycles. The normalized spacial score (nSPS) is 19.5. The fraction of sp³-hybridized carbons (Fsp3) is 0.571. The van der Waals surface area contributed by atoms with Crippen LogP contribution in [0.25, 0.3) is 0 Å². The first-order valence-electron chi connectivity index (χ1n) is 6.67. The van der Waals surface area contributed by atoms with Crippen LogP contribution in [0.2, 0.25) is 0 Å². The highest BCUT2D eigenvalue weighted by atomic mass is 32.1. The Morgan fingerprint density at radius 2 is 2.21 bits per heavy atom. The van der Waals surface area contributed by atoms with Crippen LogP contribution >= 0.6 is 11.3 Å². The zero-order chi connectivity index (χ0) is 13.8. The molecular formula is C14H20N2O2S. The fourth-order valence-electron chi connectivity index (χ4n) is 2.25. The van der Waals surface area contributed by atoms with Gasteiger partial charge >= 0.3 is 0 Å². The van der Waals surface area contributed by atoms with Crippen molar-refractivity contribution in [3.63, 3.8) is 0 Å². The summed E-state index contributed by atoms with van der Waals surface area (Å²) in [6.07, 6.45) is 0.638. The SMILES string of the molecule is Cc1ccc(C(=O)CCC(=O)N2CCN[C@H](C)C2)s1. The van der Waals surface area contributed by atoms with Gasteiger partial charge in [0.25, 0.3) is 0 Å². The minimum atomic E-state index is 0.0784. The van der Waals surface area contributed by atoms with Gasteiger partial charge in [0.15, 0.2) is 5.78 Å². The third kappa shape index (κ3) is 3.88. The summed E-state index contributed by atoms with van der Waals surface area (Å²) in [5, 5.41) is 3.30. The second kappa shape index (κ2) is 6.30. The number of amides is 1. The Bertz CT molecular complexity index is 470. The van der Waals surface area contributed by atoms with E-state index in [0.29, 0.717) is 18.9 Å². The van der Waals surface area contributed by atoms with Gasteiger partial charge in [0.1, 0.15) is 0 Å². The molecule has 4 nitrogen and oxygen atoms in total. The van der Waals surface area contributed by atoms with E-state index >= 15 is 0 Å². The molecule has 19 heavy (non-hydrogen) atoms. The van der Waals surface area contributed by atoms with E-state index in [1.165, 1.54) is 11.3 Å². The number of Topliss-reactive ketones (excluding diaryl/α,β-unsaturated/α-hetero) is 1. The standard InChI is InChI=1S/C14H20N2O2S/c1-10-9-16(8-7-15-10)14(18)6-4-12(17)13-5-3-11(2)19-13/h3,5,10,15H,4,6-9H2,1-2H3/t10-/m1/s1. The van der Waals surface area contributed by atoms with Crippen molar-refractivity contribution in [2.45, 2.75) is 32.7 Å². The van der Waals surface area contributed by atoms with Crippen LogP contribution in [0, 0.1) is 6.92 Å². The maximum atomic E-state index is 12.0. The van der Waals surface area contributed by atoms with E-state index in [1.807, 2.05) is 24.0 Å². The molecule has 0 bridgehead atoms. The highest BCUT2D eigenvalue weighted by molar-refractivity contribution is 7.14. The zero-order valence-electron chi connectivity index (χ0n) is 11.4. The molecule has 0 radical (unpaired) electrons. The summed E-state index contributed by atoms with van der Waals surface area (Å²) < 4.78 is 0. The lowest BCUT2D eigenvalue weighted by Gasteiger charge is -2.31. The molecule has 1 aliphatic heterocycles. The molecular weight excluding hydrogens is 260 g/mol. The summed E-state index contributed by atoms with van der Waals surface area (Å²) in [6, 6.07) is 4.13. The van der Waals surface area contributed by atoms with Crippen LogP contribution < -0.4 is 5.32 Å². The molecule has 1 aromatic rings. The molecule has 0 aliphatic carbocycles. The summed E-state index contributed by atoms with van der Waals surface area (Å²) in [5.74, 6) is 0.171. The van der Waals surface area contributed by atoms with Crippen LogP contribution in [-0.2, 0) is 4.79 Å². The molecule has 1 amide bonds. The molecule has 104 valence electrons. The lowest BCUT2D eigenvalue weighted by Crippen LogP contribution is -2.51. The van der Waals surface area contributed by atoms with Gasteiger partial charge < -0.3 is 10.2 Å². The van der Waals surface area contributed by atoms with E-state index in [1.54, 1.807) is 0 Å². The third-order valence-corrected chi connectivity index (χ3v) is 4.34. The first-order chi connectivity index (χ1) is 9.06. The minimum absolute atomic E-state index is 0.0784. The second-order valence-electron chi connectivity index (χ2n) is 5.03. The smallest absolute Gasteiger partial charge is 0.223 e. The Labute approximate surface area is 117 Å². The predicted octanol–water partition coefficient (Wildman–Crippen LogP) is 1.84. The molecule has 0 spiro atoms. The van der Waals surface area contributed by atoms with Crippen molar-refractivity contribution in [1.29, 1.82) is 0 Å². The average Bonchev–Trinajstić information content (AvgIpc) is 2.82. The van der Waals surface area contributed by atoms with Crippen LogP contribution in [0.3, 0.4) is 0 Å². The second-order valence-corrected chi connectivity index (χ2v) is 6.32. The van der Waals surface area contributed by atoms with Crippen molar-refractivity contribution in [2.24, 2.45) is 0 Å². The van der Waals surface area contributed by atoms with Gasteiger partial charge in [-0.3, -0.25) is 9.59 Å². The summed E-state index contributed by atoms with van der Waals surface area (Å²) >= 11 is 1.50. The number of aryl methyl sites for hydroxylation is 1. The number of hydrogen-bond donors (Lipinski definition) is 1. The number of thiophene rings is 1. The largest absolute Gasteiger partial charge is 0.340 e. The molecule has 1 atom stereocenters. The van der Waals surface area contributed by atoms with E-state index in [2.05, 4.69) is 12.2 Å². The third-order valence-electron chi connectivity index (χ3n) is 3.30. The Hall–Kier alpha value is -1.20. The monoisotopic (exact) mass is 280 g/mol. The van der Waals surface area contributed by atoms with Gasteiger partial charge in [-0.1, -0.05) is 0 Å². The van der Waals surface area contributed by atoms with Crippen LogP contribution in [0.1, 0.15) is 34.3 Å². The molecule has 2 rings (SSSR count). The maximum absolute atomic E-state index is 12.0. The number of hydrogen-bond acceptors (Lipinski definition) is 4. The summed E-state index contributed by atoms with van der Waals surface area (Å²) in [4.78, 5) is 27.7. The first-order valence-corrected chi connectivity index (χ1v) is 7.48. The molecule has 1 fully saturated rings. The van der Waals surface area contributed by atoms with Crippen molar-refractivity contribution in [2.75, 3.05) is 19.6 Å². The lowest BCUT2D eigenvalue weighted by atomic mass is 10.1. The molecule has 1 N–H and O–H groups in total. The van der Waals surface area contributed by atoms with E-state index in [9.17, 15) is 9.59 Å². The minimum Gasteiger partial charge on any atom is -0.340 e. The molecule has 0 unspecified atom stereocenters. The number of piperazine rings is 1. The van der Waals surface area contributed by atoms with E-state index in [0.717, 1.165) is 29.4 Å². The number of ketones is 1. The highest BCUT2D eigenvalue weighted by Gasteiger charge is 2.21. The number of carbonyl (C=O) groups excluding carboxylic acids is 2. The molecule has 5 heteroatoms. The van der Waals surface area contributed by atoms with Crippen molar-refractivity contribution >= 4 is 23.0 Å². The fourth-order valence-corrected chi connectivity index (χ4v) is 3.08. The lowest BCUT2D eigenvalue weighted by molar-refractivity contribution is -0.132. The Balaban J connectivity index is 1.81. The van der Waals surface area contributed by atoms with Gasteiger partial charge in [0, 0.05) is 43.4 Å². The number of carbonyl (C=O) groups is 2. The molecule has 2 heterocycles. The molecule has 1 aliphatic rings. The number of nitrogens with one attached hydrogen (secondary N) is 1. The Morgan fingerprint density at radius 1 is 1.42 bits per heavy atom. The van der Waals surface area contributed by atoms with E-state index in [-0.39, 0.29) is 11.7 Å². The Morgan fingerprint density at radius 3 is 2.84 bits per heavy atom. The Kier molecular flexibility index (Phi) is 4.71. The summed E-state index contributed by atoms with van der Waals surface area (Å²) in [6.45, 7) is 6.37. The van der Waals surface area contributed by atoms with Crippen molar-refractivity contribution < 1.29 is 9.59 Å². The zero-order valence-corrected chi connectivity index (χ0v) is 12.3. The topological polar surface area (TPSA) is 49.4 Å². The van der Waals surface area contributed by atoms with E-state index in [4.69, 9.17) is 0 Å². The highest BCUT2D eigenvalue weighted by Crippen LogP contribution is 2.17. The quantitative estimate of drug-likeness (QED) is 0.856. The summed E-state index contributed by atoms with van der Waals surface area (Å²) in [7, 11) is 0. The van der Waals surface area contributed by atoms with Crippen molar-refractivity contribution in [1.82, 2.24) is 10.2 Å². The number of nitrogens with zero attached hydrogens (tertiary/aromatic N) is 1. The predicted molar refractivity (Wildman–Crippen MR) is 76.7 cm³/mol. The average molecular weight is 280 g/mol. The molecule has 0 aromatic carbocycles. The number of rotatable bonds is 4.